The van der Waals surface area contributed by atoms with Gasteiger partial charge in [0.15, 0.2) is 0 Å². The molecule has 4 nitrogen and oxygen atoms in total. The molecule has 2 bridgehead atoms. The van der Waals surface area contributed by atoms with Crippen molar-refractivity contribution in [1.82, 2.24) is 5.28 Å². The molecule has 2 heterocycles. The predicted octanol–water partition coefficient (Wildman–Crippen LogP) is 3.96. The van der Waals surface area contributed by atoms with Crippen LogP contribution in [0.25, 0.3) is 0 Å². The molecule has 124 valence electrons. The van der Waals surface area contributed by atoms with Crippen LogP contribution >= 0.6 is 0 Å². The summed E-state index contributed by atoms with van der Waals surface area (Å²) in [6.07, 6.45) is 1.70. The summed E-state index contributed by atoms with van der Waals surface area (Å²) >= 11 is 0. The molecule has 0 amide bonds. The highest BCUT2D eigenvalue weighted by Gasteiger charge is 2.57. The first kappa shape index (κ1) is 13.9. The van der Waals surface area contributed by atoms with Gasteiger partial charge in [0.05, 0.1) is 23.5 Å². The van der Waals surface area contributed by atoms with E-state index < -0.39 is 11.7 Å². The molecular weight excluding hydrogens is 307 g/mol. The predicted molar refractivity (Wildman–Crippen MR) is 78.1 cm³/mol. The van der Waals surface area contributed by atoms with Crippen LogP contribution in [0.3, 0.4) is 0 Å². The second-order valence-electron chi connectivity index (χ2n) is 7.25. The zero-order valence-electron chi connectivity index (χ0n) is 12.6. The Bertz CT molecular complexity index is 656. The fourth-order valence-electron chi connectivity index (χ4n) is 4.82. The number of halogens is 3. The van der Waals surface area contributed by atoms with Crippen molar-refractivity contribution in [2.45, 2.75) is 43.9 Å². The van der Waals surface area contributed by atoms with E-state index in [1.165, 1.54) is 31.7 Å². The molecule has 1 N–H and O–H groups in total. The lowest BCUT2D eigenvalue weighted by atomic mass is 9.62. The zero-order valence-corrected chi connectivity index (χ0v) is 12.6. The number of anilines is 2. The van der Waals surface area contributed by atoms with Crippen LogP contribution in [0.4, 0.5) is 24.5 Å². The number of hydrazine groups is 2. The summed E-state index contributed by atoms with van der Waals surface area (Å²) in [5, 5.41) is 3.49. The molecule has 1 spiro atoms. The lowest BCUT2D eigenvalue weighted by Gasteiger charge is -2.47. The van der Waals surface area contributed by atoms with Gasteiger partial charge >= 0.3 is 6.18 Å². The number of alkyl halides is 3. The van der Waals surface area contributed by atoms with Crippen LogP contribution in [0, 0.1) is 11.8 Å². The number of fused-ring (bicyclic) bond motifs is 5. The molecule has 1 aromatic carbocycles. The minimum atomic E-state index is -4.33. The fourth-order valence-corrected chi connectivity index (χ4v) is 4.82. The van der Waals surface area contributed by atoms with Gasteiger partial charge in [-0.1, -0.05) is 0 Å². The van der Waals surface area contributed by atoms with Crippen molar-refractivity contribution in [1.29, 1.82) is 0 Å². The maximum atomic E-state index is 12.8. The zero-order chi connectivity index (χ0) is 15.8. The van der Waals surface area contributed by atoms with E-state index in [2.05, 4.69) is 5.43 Å². The third-order valence-corrected chi connectivity index (χ3v) is 5.95. The van der Waals surface area contributed by atoms with Crippen LogP contribution in [0.15, 0.2) is 18.2 Å². The molecule has 7 heteroatoms. The molecule has 1 aromatic rings. The average molecular weight is 325 g/mol. The Morgan fingerprint density at radius 1 is 1.17 bits per heavy atom. The number of hydrogen-bond acceptors (Lipinski definition) is 4. The van der Waals surface area contributed by atoms with Crippen LogP contribution in [0.1, 0.15) is 37.7 Å². The average Bonchev–Trinajstić information content (AvgIpc) is 3.01. The topological polar surface area (TPSA) is 27.7 Å². The molecule has 2 aliphatic heterocycles. The summed E-state index contributed by atoms with van der Waals surface area (Å²) in [6.45, 7) is 0.722. The Kier molecular flexibility index (Phi) is 2.62. The van der Waals surface area contributed by atoms with Crippen LogP contribution in [0.5, 0.6) is 0 Å². The molecular formula is C16H18F3N3O. The SMILES string of the molecule is FC(F)(F)c1ccc2c(c1)NN1O[C@]3(CC4CCC3CC4)CN21. The lowest BCUT2D eigenvalue weighted by molar-refractivity contribution is -0.225. The summed E-state index contributed by atoms with van der Waals surface area (Å²) in [5.74, 6) is 1.28. The van der Waals surface area contributed by atoms with Crippen LogP contribution in [-0.2, 0) is 11.0 Å². The Morgan fingerprint density at radius 3 is 2.61 bits per heavy atom. The van der Waals surface area contributed by atoms with E-state index >= 15 is 0 Å². The molecule has 3 aliphatic carbocycles. The van der Waals surface area contributed by atoms with Crippen LogP contribution in [-0.4, -0.2) is 17.4 Å². The molecule has 5 aliphatic rings. The highest BCUT2D eigenvalue weighted by molar-refractivity contribution is 5.74. The third-order valence-electron chi connectivity index (χ3n) is 5.95. The van der Waals surface area contributed by atoms with Gasteiger partial charge in [0.1, 0.15) is 5.60 Å². The highest BCUT2D eigenvalue weighted by atomic mass is 19.4. The van der Waals surface area contributed by atoms with Gasteiger partial charge in [-0.15, -0.1) is 0 Å². The van der Waals surface area contributed by atoms with E-state index in [1.54, 1.807) is 5.28 Å². The van der Waals surface area contributed by atoms with Crippen molar-refractivity contribution in [3.8, 4) is 0 Å². The van der Waals surface area contributed by atoms with Crippen molar-refractivity contribution < 1.29 is 18.0 Å². The van der Waals surface area contributed by atoms with E-state index in [1.807, 2.05) is 5.01 Å². The molecule has 4 fully saturated rings. The molecule has 1 atom stereocenters. The Balaban J connectivity index is 1.45. The van der Waals surface area contributed by atoms with Crippen molar-refractivity contribution in [3.05, 3.63) is 23.8 Å². The van der Waals surface area contributed by atoms with E-state index in [0.29, 0.717) is 11.6 Å². The smallest absolute Gasteiger partial charge is 0.275 e. The third kappa shape index (κ3) is 1.92. The van der Waals surface area contributed by atoms with Gasteiger partial charge in [-0.05, 0) is 62.1 Å². The molecule has 3 saturated carbocycles. The second kappa shape index (κ2) is 4.33. The van der Waals surface area contributed by atoms with E-state index in [9.17, 15) is 13.2 Å². The van der Waals surface area contributed by atoms with Gasteiger partial charge in [-0.3, -0.25) is 15.3 Å². The van der Waals surface area contributed by atoms with Gasteiger partial charge < -0.3 is 0 Å². The largest absolute Gasteiger partial charge is 0.416 e. The van der Waals surface area contributed by atoms with E-state index in [0.717, 1.165) is 36.7 Å². The molecule has 23 heavy (non-hydrogen) atoms. The molecule has 1 saturated heterocycles. The number of nitrogens with one attached hydrogen (secondary N) is 1. The normalized spacial score (nSPS) is 35.5. The van der Waals surface area contributed by atoms with Crippen molar-refractivity contribution in [3.63, 3.8) is 0 Å². The summed E-state index contributed by atoms with van der Waals surface area (Å²) in [4.78, 5) is 6.22. The quantitative estimate of drug-likeness (QED) is 0.781. The first-order valence-electron chi connectivity index (χ1n) is 8.19. The van der Waals surface area contributed by atoms with Gasteiger partial charge in [0.2, 0.25) is 0 Å². The lowest BCUT2D eigenvalue weighted by Crippen LogP contribution is -2.50. The molecule has 6 rings (SSSR count). The maximum Gasteiger partial charge on any atom is 0.416 e. The van der Waals surface area contributed by atoms with Gasteiger partial charge in [-0.2, -0.15) is 13.2 Å². The van der Waals surface area contributed by atoms with Crippen molar-refractivity contribution in [2.24, 2.45) is 11.8 Å². The Hall–Kier alpha value is -1.47. The highest BCUT2D eigenvalue weighted by Crippen LogP contribution is 2.54. The number of rotatable bonds is 0. The van der Waals surface area contributed by atoms with Crippen molar-refractivity contribution in [2.75, 3.05) is 17.0 Å². The number of hydrogen-bond donors (Lipinski definition) is 1. The standard InChI is InChI=1S/C16H18F3N3O/c17-16(18,19)12-5-6-14-13(7-12)20-22-21(14)9-15(23-22)8-10-1-3-11(15)4-2-10/h5-7,10-11,20H,1-4,8-9H2/t10?,11?,15-/m1/s1. The van der Waals surface area contributed by atoms with Gasteiger partial charge in [0.25, 0.3) is 0 Å². The molecule has 0 unspecified atom stereocenters. The molecule has 0 radical (unpaired) electrons. The maximum absolute atomic E-state index is 12.8. The summed E-state index contributed by atoms with van der Waals surface area (Å²) in [5.41, 5.74) is 3.38. The minimum absolute atomic E-state index is 0.172. The summed E-state index contributed by atoms with van der Waals surface area (Å²) in [6, 6.07) is 3.83. The van der Waals surface area contributed by atoms with Crippen LogP contribution in [0.2, 0.25) is 0 Å². The van der Waals surface area contributed by atoms with Gasteiger partial charge in [-0.25, -0.2) is 0 Å². The monoisotopic (exact) mass is 325 g/mol. The number of benzene rings is 1. The van der Waals surface area contributed by atoms with Gasteiger partial charge in [0, 0.05) is 5.28 Å². The summed E-state index contributed by atoms with van der Waals surface area (Å²) < 4.78 is 38.5. The number of nitrogens with zero attached hydrogens (tertiary/aromatic N) is 2. The first-order valence-corrected chi connectivity index (χ1v) is 8.19. The van der Waals surface area contributed by atoms with Crippen molar-refractivity contribution >= 4 is 11.4 Å². The van der Waals surface area contributed by atoms with E-state index in [-0.39, 0.29) is 5.60 Å². The van der Waals surface area contributed by atoms with Crippen LogP contribution < -0.4 is 10.4 Å². The Labute approximate surface area is 132 Å². The summed E-state index contributed by atoms with van der Waals surface area (Å²) in [7, 11) is 0. The Morgan fingerprint density at radius 2 is 1.96 bits per heavy atom. The van der Waals surface area contributed by atoms with E-state index in [4.69, 9.17) is 4.84 Å². The second-order valence-corrected chi connectivity index (χ2v) is 7.25. The molecule has 0 aromatic heterocycles. The minimum Gasteiger partial charge on any atom is -0.275 e. The first-order chi connectivity index (χ1) is 10.9. The fraction of sp³-hybridized carbons (Fsp3) is 0.625.